The molecule has 1 saturated heterocycles. The summed E-state index contributed by atoms with van der Waals surface area (Å²) in [6.45, 7) is -0.386. The zero-order valence-corrected chi connectivity index (χ0v) is 15.8. The number of fused-ring (bicyclic) bond motifs is 1. The van der Waals surface area contributed by atoms with Crippen molar-refractivity contribution < 1.29 is 19.9 Å². The summed E-state index contributed by atoms with van der Waals surface area (Å²) in [5, 5.41) is 30.8. The van der Waals surface area contributed by atoms with Crippen LogP contribution in [0.15, 0.2) is 35.4 Å². The van der Waals surface area contributed by atoms with Crippen LogP contribution in [0.1, 0.15) is 18.4 Å². The van der Waals surface area contributed by atoms with Crippen molar-refractivity contribution in [3.63, 3.8) is 0 Å². The molecule has 1 aromatic carbocycles. The Kier molecular flexibility index (Phi) is 4.97. The Balaban J connectivity index is 1.72. The van der Waals surface area contributed by atoms with Crippen molar-refractivity contribution >= 4 is 22.8 Å². The first-order valence-corrected chi connectivity index (χ1v) is 9.26. The molecule has 0 spiro atoms. The second-order valence-electron chi connectivity index (χ2n) is 7.22. The maximum Gasteiger partial charge on any atom is 0.280 e. The Labute approximate surface area is 169 Å². The lowest BCUT2D eigenvalue weighted by atomic mass is 9.97. The van der Waals surface area contributed by atoms with Gasteiger partial charge >= 0.3 is 0 Å². The number of non-ortho nitro benzene ring substituents is 1. The van der Waals surface area contributed by atoms with Gasteiger partial charge in [0.15, 0.2) is 16.9 Å². The van der Waals surface area contributed by atoms with Crippen molar-refractivity contribution in [2.45, 2.75) is 37.2 Å². The van der Waals surface area contributed by atoms with Crippen LogP contribution in [-0.2, 0) is 16.9 Å². The van der Waals surface area contributed by atoms with Gasteiger partial charge in [-0.25, -0.2) is 4.98 Å². The van der Waals surface area contributed by atoms with E-state index in [0.717, 1.165) is 5.56 Å². The fourth-order valence-electron chi connectivity index (χ4n) is 3.81. The van der Waals surface area contributed by atoms with Crippen LogP contribution in [0.25, 0.3) is 11.2 Å². The number of aliphatic hydroxyl groups is 2. The third kappa shape index (κ3) is 3.40. The Morgan fingerprint density at radius 2 is 2.13 bits per heavy atom. The molecule has 12 heteroatoms. The summed E-state index contributed by atoms with van der Waals surface area (Å²) in [7, 11) is 0. The Hall–Kier alpha value is -3.35. The molecule has 0 bridgehead atoms. The smallest absolute Gasteiger partial charge is 0.280 e. The van der Waals surface area contributed by atoms with E-state index in [9.17, 15) is 25.1 Å². The van der Waals surface area contributed by atoms with Gasteiger partial charge in [-0.15, -0.1) is 0 Å². The lowest BCUT2D eigenvalue weighted by Crippen LogP contribution is -2.35. The van der Waals surface area contributed by atoms with Gasteiger partial charge in [-0.05, 0) is 18.4 Å². The molecule has 3 atom stereocenters. The molecule has 2 aromatic heterocycles. The number of nitrogen functional groups attached to an aromatic ring is 1. The van der Waals surface area contributed by atoms with E-state index in [0.29, 0.717) is 12.8 Å². The fraction of sp³-hybridized carbons (Fsp3) is 0.389. The molecule has 4 rings (SSSR count). The number of anilines is 1. The number of nitro groups is 1. The zero-order chi connectivity index (χ0) is 21.5. The van der Waals surface area contributed by atoms with Gasteiger partial charge in [0.25, 0.3) is 11.2 Å². The number of hydrogen-bond acceptors (Lipinski definition) is 9. The predicted molar refractivity (Wildman–Crippen MR) is 105 cm³/mol. The summed E-state index contributed by atoms with van der Waals surface area (Å²) in [6.07, 6.45) is 0.543. The number of rotatable bonds is 6. The van der Waals surface area contributed by atoms with E-state index >= 15 is 0 Å². The highest BCUT2D eigenvalue weighted by Crippen LogP contribution is 2.40. The van der Waals surface area contributed by atoms with Crippen molar-refractivity contribution in [1.29, 1.82) is 0 Å². The third-order valence-corrected chi connectivity index (χ3v) is 5.32. The van der Waals surface area contributed by atoms with Crippen molar-refractivity contribution in [2.75, 3.05) is 12.3 Å². The number of aryl methyl sites for hydroxylation is 1. The Bertz CT molecular complexity index is 1140. The van der Waals surface area contributed by atoms with Gasteiger partial charge in [0, 0.05) is 18.6 Å². The van der Waals surface area contributed by atoms with Crippen molar-refractivity contribution in [1.82, 2.24) is 19.5 Å². The molecule has 0 saturated carbocycles. The molecule has 12 nitrogen and oxygen atoms in total. The molecule has 1 fully saturated rings. The summed E-state index contributed by atoms with van der Waals surface area (Å²) in [6, 6.07) is 6.12. The minimum Gasteiger partial charge on any atom is -0.394 e. The Morgan fingerprint density at radius 3 is 2.77 bits per heavy atom. The van der Waals surface area contributed by atoms with Gasteiger partial charge < -0.3 is 20.7 Å². The first-order chi connectivity index (χ1) is 14.3. The maximum atomic E-state index is 12.1. The number of aromatic nitrogens is 4. The molecule has 0 amide bonds. The van der Waals surface area contributed by atoms with Crippen LogP contribution in [0.4, 0.5) is 11.6 Å². The summed E-state index contributed by atoms with van der Waals surface area (Å²) >= 11 is 0. The average molecular weight is 416 g/mol. The summed E-state index contributed by atoms with van der Waals surface area (Å²) in [5.41, 5.74) is 5.12. The number of imidazole rings is 1. The zero-order valence-electron chi connectivity index (χ0n) is 15.8. The van der Waals surface area contributed by atoms with Crippen LogP contribution in [0.2, 0.25) is 0 Å². The van der Waals surface area contributed by atoms with E-state index in [1.54, 1.807) is 16.7 Å². The SMILES string of the molecule is Nc1nc2c(ncn2[C@@]2(CCc3ccc([N+](=O)[O-])cc3)C[C@H](O)[C@@H](CO)O2)c(=O)[nH]1. The fourth-order valence-corrected chi connectivity index (χ4v) is 3.81. The molecule has 1 aliphatic rings. The summed E-state index contributed by atoms with van der Waals surface area (Å²) in [4.78, 5) is 33.2. The van der Waals surface area contributed by atoms with Crippen LogP contribution < -0.4 is 11.3 Å². The molecule has 3 aromatic rings. The number of aliphatic hydroxyl groups excluding tert-OH is 2. The number of nitrogens with two attached hydrogens (primary N) is 1. The monoisotopic (exact) mass is 416 g/mol. The molecular formula is C18H20N6O6. The van der Waals surface area contributed by atoms with Gasteiger partial charge in [-0.3, -0.25) is 24.5 Å². The molecule has 0 unspecified atom stereocenters. The van der Waals surface area contributed by atoms with Crippen molar-refractivity contribution in [3.05, 3.63) is 56.6 Å². The lowest BCUT2D eigenvalue weighted by molar-refractivity contribution is -0.384. The van der Waals surface area contributed by atoms with E-state index in [4.69, 9.17) is 10.5 Å². The van der Waals surface area contributed by atoms with Crippen LogP contribution in [0.5, 0.6) is 0 Å². The van der Waals surface area contributed by atoms with Crippen LogP contribution in [0.3, 0.4) is 0 Å². The number of aromatic amines is 1. The summed E-state index contributed by atoms with van der Waals surface area (Å²) < 4.78 is 7.60. The van der Waals surface area contributed by atoms with Crippen molar-refractivity contribution in [2.24, 2.45) is 0 Å². The van der Waals surface area contributed by atoms with Gasteiger partial charge in [-0.2, -0.15) is 4.98 Å². The van der Waals surface area contributed by atoms with Crippen LogP contribution in [0, 0.1) is 10.1 Å². The van der Waals surface area contributed by atoms with Gasteiger partial charge in [0.1, 0.15) is 6.10 Å². The number of hydrogen-bond donors (Lipinski definition) is 4. The number of nitrogens with one attached hydrogen (secondary N) is 1. The van der Waals surface area contributed by atoms with E-state index in [2.05, 4.69) is 15.0 Å². The van der Waals surface area contributed by atoms with Crippen LogP contribution in [-0.4, -0.2) is 53.5 Å². The van der Waals surface area contributed by atoms with Gasteiger partial charge in [0.05, 0.1) is 24.0 Å². The minimum atomic E-state index is -1.14. The largest absolute Gasteiger partial charge is 0.394 e. The average Bonchev–Trinajstić information content (AvgIpc) is 3.28. The second-order valence-corrected chi connectivity index (χ2v) is 7.22. The van der Waals surface area contributed by atoms with Gasteiger partial charge in [0.2, 0.25) is 5.95 Å². The van der Waals surface area contributed by atoms with Crippen LogP contribution >= 0.6 is 0 Å². The van der Waals surface area contributed by atoms with E-state index in [1.807, 2.05) is 0 Å². The number of nitrogens with zero attached hydrogens (tertiary/aromatic N) is 4. The standard InChI is InChI=1S/C18H20N6O6/c19-17-21-15-14(16(27)22-17)20-9-23(15)18(7-12(26)13(8-25)30-18)6-5-10-1-3-11(4-2-10)24(28)29/h1-4,9,12-13,25-26H,5-8H2,(H3,19,21,22,27)/t12-,13+,18+/m0/s1. The topological polar surface area (TPSA) is 182 Å². The maximum absolute atomic E-state index is 12.1. The highest BCUT2D eigenvalue weighted by molar-refractivity contribution is 5.70. The lowest BCUT2D eigenvalue weighted by Gasteiger charge is -2.31. The molecule has 5 N–H and O–H groups in total. The van der Waals surface area contributed by atoms with E-state index < -0.39 is 28.4 Å². The number of ether oxygens (including phenoxy) is 1. The predicted octanol–water partition coefficient (Wildman–Crippen LogP) is 0.0377. The molecular weight excluding hydrogens is 396 g/mol. The first kappa shape index (κ1) is 19.9. The number of nitro benzene ring substituents is 1. The Morgan fingerprint density at radius 1 is 1.40 bits per heavy atom. The molecule has 0 aliphatic carbocycles. The van der Waals surface area contributed by atoms with E-state index in [-0.39, 0.29) is 35.8 Å². The third-order valence-electron chi connectivity index (χ3n) is 5.32. The molecule has 0 radical (unpaired) electrons. The molecule has 30 heavy (non-hydrogen) atoms. The normalized spacial score (nSPS) is 23.8. The van der Waals surface area contributed by atoms with E-state index in [1.165, 1.54) is 18.5 Å². The quantitative estimate of drug-likeness (QED) is 0.318. The second kappa shape index (κ2) is 7.48. The first-order valence-electron chi connectivity index (χ1n) is 9.26. The molecule has 1 aliphatic heterocycles. The van der Waals surface area contributed by atoms with Crippen molar-refractivity contribution in [3.8, 4) is 0 Å². The van der Waals surface area contributed by atoms with Gasteiger partial charge in [-0.1, -0.05) is 12.1 Å². The molecule has 158 valence electrons. The molecule has 3 heterocycles. The minimum absolute atomic E-state index is 0.0131. The highest BCUT2D eigenvalue weighted by Gasteiger charge is 2.47. The number of benzene rings is 1. The summed E-state index contributed by atoms with van der Waals surface area (Å²) in [5.74, 6) is -0.0861. The highest BCUT2D eigenvalue weighted by atomic mass is 16.6. The number of H-pyrrole nitrogens is 1.